The molecule has 2 heterocycles. The monoisotopic (exact) mass is 226 g/mol. The van der Waals surface area contributed by atoms with E-state index in [4.69, 9.17) is 22.5 Å². The topological polar surface area (TPSA) is 59.5 Å². The van der Waals surface area contributed by atoms with Crippen LogP contribution in [0.5, 0.6) is 0 Å². The van der Waals surface area contributed by atoms with Gasteiger partial charge in [0.1, 0.15) is 5.76 Å². The predicted octanol–water partition coefficient (Wildman–Crippen LogP) is 1.35. The Morgan fingerprint density at radius 2 is 2.43 bits per heavy atom. The normalized spacial score (nSPS) is 19.8. The summed E-state index contributed by atoms with van der Waals surface area (Å²) in [5.74, 6) is 5.71. The van der Waals surface area contributed by atoms with Crippen LogP contribution in [0.4, 0.5) is 0 Å². The fraction of sp³-hybridized carbons (Fsp3) is 0. The molecule has 0 radical (unpaired) electrons. The lowest BCUT2D eigenvalue weighted by Gasteiger charge is -2.02. The van der Waals surface area contributed by atoms with Crippen LogP contribution in [0, 0.1) is 0 Å². The van der Waals surface area contributed by atoms with Crippen LogP contribution in [0.25, 0.3) is 6.08 Å². The van der Waals surface area contributed by atoms with E-state index in [9.17, 15) is 4.79 Å². The number of thiocarbonyl (C=S) groups is 1. The second-order valence-corrected chi connectivity index (χ2v) is 4.24. The first kappa shape index (κ1) is 9.45. The van der Waals surface area contributed by atoms with Crippen LogP contribution < -0.4 is 5.84 Å². The number of rotatable bonds is 1. The van der Waals surface area contributed by atoms with E-state index in [1.807, 2.05) is 0 Å². The Hall–Kier alpha value is -1.11. The van der Waals surface area contributed by atoms with Gasteiger partial charge >= 0.3 is 0 Å². The van der Waals surface area contributed by atoms with Gasteiger partial charge in [-0.3, -0.25) is 4.79 Å². The maximum Gasteiger partial charge on any atom is 0.280 e. The number of thioether (sulfide) groups is 1. The molecule has 1 aromatic heterocycles. The first-order chi connectivity index (χ1) is 6.68. The van der Waals surface area contributed by atoms with Crippen LogP contribution in [0.3, 0.4) is 0 Å². The molecule has 0 bridgehead atoms. The lowest BCUT2D eigenvalue weighted by Crippen LogP contribution is -2.34. The third-order valence-electron chi connectivity index (χ3n) is 1.64. The molecule has 0 saturated carbocycles. The van der Waals surface area contributed by atoms with Crippen molar-refractivity contribution in [3.8, 4) is 0 Å². The fourth-order valence-electron chi connectivity index (χ4n) is 0.982. The summed E-state index contributed by atoms with van der Waals surface area (Å²) in [6.07, 6.45) is 3.15. The maximum atomic E-state index is 11.4. The molecular weight excluding hydrogens is 220 g/mol. The minimum absolute atomic E-state index is 0.295. The molecule has 0 unspecified atom stereocenters. The zero-order valence-electron chi connectivity index (χ0n) is 6.97. The quantitative estimate of drug-likeness (QED) is 0.339. The molecule has 4 nitrogen and oxygen atoms in total. The summed E-state index contributed by atoms with van der Waals surface area (Å²) in [6, 6.07) is 3.50. The Morgan fingerprint density at radius 1 is 1.64 bits per heavy atom. The van der Waals surface area contributed by atoms with Crippen molar-refractivity contribution in [1.29, 1.82) is 0 Å². The van der Waals surface area contributed by atoms with Gasteiger partial charge in [0.05, 0.1) is 11.2 Å². The van der Waals surface area contributed by atoms with Gasteiger partial charge in [0.25, 0.3) is 5.91 Å². The van der Waals surface area contributed by atoms with Crippen LogP contribution >= 0.6 is 24.0 Å². The van der Waals surface area contributed by atoms with Crippen molar-refractivity contribution in [2.75, 3.05) is 0 Å². The molecule has 1 aromatic rings. The molecule has 1 aliphatic heterocycles. The number of amides is 1. The Balaban J connectivity index is 2.29. The molecule has 0 spiro atoms. The maximum absolute atomic E-state index is 11.4. The highest BCUT2D eigenvalue weighted by molar-refractivity contribution is 8.26. The van der Waals surface area contributed by atoms with Gasteiger partial charge in [-0.25, -0.2) is 10.9 Å². The Bertz CT molecular complexity index is 411. The molecule has 1 amide bonds. The van der Waals surface area contributed by atoms with E-state index < -0.39 is 0 Å². The summed E-state index contributed by atoms with van der Waals surface area (Å²) in [5, 5.41) is 0.953. The molecule has 0 aliphatic carbocycles. The van der Waals surface area contributed by atoms with E-state index >= 15 is 0 Å². The molecule has 0 atom stereocenters. The van der Waals surface area contributed by atoms with E-state index in [0.717, 1.165) is 16.8 Å². The summed E-state index contributed by atoms with van der Waals surface area (Å²) < 4.78 is 5.42. The third-order valence-corrected chi connectivity index (χ3v) is 2.97. The first-order valence-corrected chi connectivity index (χ1v) is 4.97. The standard InChI is InChI=1S/C8H6N2O2S2/c9-10-7(11)6(14-8(10)13)4-5-2-1-3-12-5/h1-4H,9H2. The van der Waals surface area contributed by atoms with E-state index in [0.29, 0.717) is 15.0 Å². The summed E-state index contributed by atoms with van der Waals surface area (Å²) in [5.41, 5.74) is 0. The van der Waals surface area contributed by atoms with Crippen molar-refractivity contribution in [2.24, 2.45) is 5.84 Å². The van der Waals surface area contributed by atoms with Gasteiger partial charge < -0.3 is 4.42 Å². The molecule has 0 aromatic carbocycles. The Kier molecular flexibility index (Phi) is 2.40. The van der Waals surface area contributed by atoms with E-state index in [1.54, 1.807) is 18.2 Å². The lowest BCUT2D eigenvalue weighted by molar-refractivity contribution is -0.122. The highest BCUT2D eigenvalue weighted by Crippen LogP contribution is 2.30. The van der Waals surface area contributed by atoms with Crippen molar-refractivity contribution in [3.63, 3.8) is 0 Å². The highest BCUT2D eigenvalue weighted by atomic mass is 32.2. The summed E-state index contributed by atoms with van der Waals surface area (Å²) in [4.78, 5) is 11.9. The van der Waals surface area contributed by atoms with Gasteiger partial charge in [-0.15, -0.1) is 0 Å². The second kappa shape index (κ2) is 3.56. The van der Waals surface area contributed by atoms with Crippen molar-refractivity contribution >= 4 is 40.3 Å². The number of carbonyl (C=O) groups is 1. The van der Waals surface area contributed by atoms with Crippen LogP contribution in [0.15, 0.2) is 27.7 Å². The summed E-state index contributed by atoms with van der Waals surface area (Å²) >= 11 is 6.03. The minimum atomic E-state index is -0.295. The third kappa shape index (κ3) is 1.59. The predicted molar refractivity (Wildman–Crippen MR) is 57.9 cm³/mol. The Labute approximate surface area is 89.7 Å². The molecule has 72 valence electrons. The van der Waals surface area contributed by atoms with Gasteiger partial charge in [-0.1, -0.05) is 24.0 Å². The van der Waals surface area contributed by atoms with E-state index in [1.165, 1.54) is 6.26 Å². The van der Waals surface area contributed by atoms with Gasteiger partial charge in [0.15, 0.2) is 4.32 Å². The second-order valence-electron chi connectivity index (χ2n) is 2.57. The van der Waals surface area contributed by atoms with Gasteiger partial charge in [-0.05, 0) is 12.1 Å². The zero-order chi connectivity index (χ0) is 10.1. The lowest BCUT2D eigenvalue weighted by atomic mass is 10.4. The molecule has 1 fully saturated rings. The number of hydrazine groups is 1. The van der Waals surface area contributed by atoms with Gasteiger partial charge in [0.2, 0.25) is 0 Å². The summed E-state index contributed by atoms with van der Waals surface area (Å²) in [7, 11) is 0. The average Bonchev–Trinajstić information content (AvgIpc) is 2.73. The zero-order valence-corrected chi connectivity index (χ0v) is 8.60. The smallest absolute Gasteiger partial charge is 0.280 e. The fourth-order valence-corrected chi connectivity index (χ4v) is 2.06. The number of hydrogen-bond donors (Lipinski definition) is 1. The first-order valence-electron chi connectivity index (χ1n) is 3.74. The molecule has 1 saturated heterocycles. The van der Waals surface area contributed by atoms with Crippen molar-refractivity contribution in [1.82, 2.24) is 5.01 Å². The molecule has 14 heavy (non-hydrogen) atoms. The van der Waals surface area contributed by atoms with Crippen molar-refractivity contribution in [3.05, 3.63) is 29.1 Å². The van der Waals surface area contributed by atoms with E-state index in [2.05, 4.69) is 0 Å². The van der Waals surface area contributed by atoms with Crippen LogP contribution in [-0.2, 0) is 4.79 Å². The Morgan fingerprint density at radius 3 is 2.93 bits per heavy atom. The minimum Gasteiger partial charge on any atom is -0.465 e. The molecule has 2 N–H and O–H groups in total. The van der Waals surface area contributed by atoms with Crippen LogP contribution in [-0.4, -0.2) is 15.2 Å². The number of carbonyl (C=O) groups excluding carboxylic acids is 1. The van der Waals surface area contributed by atoms with Crippen LogP contribution in [0.1, 0.15) is 5.76 Å². The molecule has 6 heteroatoms. The largest absolute Gasteiger partial charge is 0.465 e. The van der Waals surface area contributed by atoms with E-state index in [-0.39, 0.29) is 5.91 Å². The molecule has 1 aliphatic rings. The molecular formula is C8H6N2O2S2. The number of furan rings is 1. The average molecular weight is 226 g/mol. The summed E-state index contributed by atoms with van der Waals surface area (Å²) in [6.45, 7) is 0. The van der Waals surface area contributed by atoms with Crippen LogP contribution in [0.2, 0.25) is 0 Å². The number of nitrogens with two attached hydrogens (primary N) is 1. The van der Waals surface area contributed by atoms with Crippen molar-refractivity contribution < 1.29 is 9.21 Å². The SMILES string of the molecule is NN1C(=O)C(=Cc2ccco2)SC1=S. The highest BCUT2D eigenvalue weighted by Gasteiger charge is 2.29. The van der Waals surface area contributed by atoms with Gasteiger partial charge in [0, 0.05) is 6.08 Å². The number of nitrogens with zero attached hydrogens (tertiary/aromatic N) is 1. The van der Waals surface area contributed by atoms with Gasteiger partial charge in [-0.2, -0.15) is 0 Å². The van der Waals surface area contributed by atoms with Crippen molar-refractivity contribution in [2.45, 2.75) is 0 Å². The molecule has 2 rings (SSSR count). The number of hydrogen-bond acceptors (Lipinski definition) is 5.